The summed E-state index contributed by atoms with van der Waals surface area (Å²) in [7, 11) is -2.79. The predicted molar refractivity (Wildman–Crippen MR) is 127 cm³/mol. The zero-order chi connectivity index (χ0) is 21.3. The van der Waals surface area contributed by atoms with Crippen molar-refractivity contribution in [3.8, 4) is 0 Å². The largest absolute Gasteiger partial charge is 0.370 e. The molecule has 3 aliphatic rings. The molecule has 3 atom stereocenters. The van der Waals surface area contributed by atoms with Gasteiger partial charge >= 0.3 is 0 Å². The van der Waals surface area contributed by atoms with Gasteiger partial charge in [0.2, 0.25) is 0 Å². The number of pyridine rings is 1. The van der Waals surface area contributed by atoms with Crippen LogP contribution in [0.5, 0.6) is 0 Å². The van der Waals surface area contributed by atoms with Crippen molar-refractivity contribution in [2.45, 2.75) is 24.4 Å². The molecule has 2 aliphatic heterocycles. The molecule has 2 fully saturated rings. The van der Waals surface area contributed by atoms with Crippen LogP contribution in [0, 0.1) is 18.8 Å². The van der Waals surface area contributed by atoms with Crippen LogP contribution in [0.3, 0.4) is 0 Å². The maximum absolute atomic E-state index is 10.7. The van der Waals surface area contributed by atoms with E-state index < -0.39 is 10.6 Å². The van der Waals surface area contributed by atoms with Crippen molar-refractivity contribution in [2.75, 3.05) is 35.2 Å². The van der Waals surface area contributed by atoms with Crippen molar-refractivity contribution in [1.82, 2.24) is 4.98 Å². The molecule has 0 radical (unpaired) electrons. The van der Waals surface area contributed by atoms with Gasteiger partial charge in [-0.1, -0.05) is 29.8 Å². The smallest absolute Gasteiger partial charge is 0.131 e. The highest BCUT2D eigenvalue weighted by Gasteiger charge is 2.53. The molecule has 6 rings (SSSR count). The van der Waals surface area contributed by atoms with Gasteiger partial charge in [-0.25, -0.2) is 4.98 Å². The van der Waals surface area contributed by atoms with Crippen LogP contribution in [0.4, 0.5) is 11.5 Å². The molecule has 162 valence electrons. The predicted octanol–water partition coefficient (Wildman–Crippen LogP) is 4.07. The Kier molecular flexibility index (Phi) is 4.27. The third-order valence-corrected chi connectivity index (χ3v) is 9.04. The summed E-state index contributed by atoms with van der Waals surface area (Å²) in [5.41, 5.74) is 10.6. The van der Waals surface area contributed by atoms with Crippen molar-refractivity contribution in [3.63, 3.8) is 0 Å². The summed E-state index contributed by atoms with van der Waals surface area (Å²) in [6, 6.07) is 16.6. The van der Waals surface area contributed by atoms with E-state index in [9.17, 15) is 9.11 Å². The number of hydrogen-bond acceptors (Lipinski definition) is 6. The van der Waals surface area contributed by atoms with E-state index >= 15 is 0 Å². The topological polar surface area (TPSA) is 85.9 Å². The van der Waals surface area contributed by atoms with E-state index in [0.717, 1.165) is 30.0 Å². The Bertz CT molecular complexity index is 1170. The Labute approximate surface area is 184 Å². The molecule has 1 unspecified atom stereocenters. The summed E-state index contributed by atoms with van der Waals surface area (Å²) >= 11 is 0. The van der Waals surface area contributed by atoms with Gasteiger partial charge in [0.15, 0.2) is 0 Å². The number of nitrogens with zero attached hydrogens (tertiary/aromatic N) is 3. The average molecular weight is 437 g/mol. The molecule has 2 aromatic carbocycles. The zero-order valence-electron chi connectivity index (χ0n) is 17.6. The fraction of sp³-hybridized carbons (Fsp3) is 0.375. The summed E-state index contributed by atoms with van der Waals surface area (Å²) < 4.78 is 21.5. The van der Waals surface area contributed by atoms with E-state index in [4.69, 9.17) is 10.7 Å². The highest BCUT2D eigenvalue weighted by Crippen LogP contribution is 2.52. The number of aromatic nitrogens is 1. The second kappa shape index (κ2) is 6.84. The quantitative estimate of drug-likeness (QED) is 0.562. The van der Waals surface area contributed by atoms with Gasteiger partial charge in [0.25, 0.3) is 0 Å². The zero-order valence-corrected chi connectivity index (χ0v) is 18.4. The van der Waals surface area contributed by atoms with E-state index in [1.54, 1.807) is 0 Å². The minimum absolute atomic E-state index is 0.315. The Morgan fingerprint density at radius 1 is 1.03 bits per heavy atom. The highest BCUT2D eigenvalue weighted by molar-refractivity contribution is 8.24. The van der Waals surface area contributed by atoms with Gasteiger partial charge in [-0.05, 0) is 42.5 Å². The lowest BCUT2D eigenvalue weighted by molar-refractivity contribution is 0.488. The normalized spacial score (nSPS) is 27.5. The lowest BCUT2D eigenvalue weighted by atomic mass is 10.1. The number of anilines is 2. The van der Waals surface area contributed by atoms with Gasteiger partial charge in [0.1, 0.15) is 5.82 Å². The summed E-state index contributed by atoms with van der Waals surface area (Å²) in [5, 5.41) is 1.18. The van der Waals surface area contributed by atoms with Gasteiger partial charge in [-0.15, -0.1) is 0 Å². The molecular formula is C24H28N4O2S. The molecule has 0 amide bonds. The van der Waals surface area contributed by atoms with Crippen LogP contribution in [0.1, 0.15) is 11.1 Å². The van der Waals surface area contributed by atoms with Crippen LogP contribution < -0.4 is 15.5 Å². The maximum Gasteiger partial charge on any atom is 0.131 e. The van der Waals surface area contributed by atoms with Crippen LogP contribution >= 0.6 is 10.6 Å². The molecule has 4 N–H and O–H groups in total. The second-order valence-corrected chi connectivity index (χ2v) is 11.4. The third kappa shape index (κ3) is 3.19. The number of fused-ring (bicyclic) bond motifs is 3. The van der Waals surface area contributed by atoms with Crippen LogP contribution in [0.25, 0.3) is 10.9 Å². The number of aryl methyl sites for hydroxylation is 1. The van der Waals surface area contributed by atoms with Gasteiger partial charge in [0.05, 0.1) is 16.2 Å². The Morgan fingerprint density at radius 3 is 2.61 bits per heavy atom. The number of rotatable bonds is 2. The monoisotopic (exact) mass is 436 g/mol. The van der Waals surface area contributed by atoms with Crippen molar-refractivity contribution in [1.29, 1.82) is 0 Å². The molecule has 7 heteroatoms. The second-order valence-electron chi connectivity index (χ2n) is 9.23. The molecule has 3 aromatic rings. The van der Waals surface area contributed by atoms with E-state index in [2.05, 4.69) is 41.0 Å². The summed E-state index contributed by atoms with van der Waals surface area (Å²) in [6.45, 7) is 5.29. The molecule has 1 saturated heterocycles. The van der Waals surface area contributed by atoms with Crippen molar-refractivity contribution < 1.29 is 9.11 Å². The van der Waals surface area contributed by atoms with Gasteiger partial charge in [-0.3, -0.25) is 9.11 Å². The average Bonchev–Trinajstić information content (AvgIpc) is 3.18. The van der Waals surface area contributed by atoms with Crippen LogP contribution in [0.2, 0.25) is 0 Å². The van der Waals surface area contributed by atoms with Crippen LogP contribution in [-0.2, 0) is 6.54 Å². The molecule has 1 aromatic heterocycles. The minimum atomic E-state index is -2.79. The first kappa shape index (κ1) is 19.4. The van der Waals surface area contributed by atoms with E-state index in [0.29, 0.717) is 41.6 Å². The van der Waals surface area contributed by atoms with E-state index in [1.165, 1.54) is 16.6 Å². The van der Waals surface area contributed by atoms with Crippen molar-refractivity contribution in [2.24, 2.45) is 17.6 Å². The van der Waals surface area contributed by atoms with E-state index in [-0.39, 0.29) is 0 Å². The van der Waals surface area contributed by atoms with Crippen molar-refractivity contribution in [3.05, 3.63) is 59.7 Å². The lowest BCUT2D eigenvalue weighted by Gasteiger charge is -2.32. The van der Waals surface area contributed by atoms with E-state index in [1.807, 2.05) is 24.3 Å². The molecule has 1 aliphatic carbocycles. The minimum Gasteiger partial charge on any atom is -0.370 e. The number of piperidine rings is 1. The summed E-state index contributed by atoms with van der Waals surface area (Å²) in [4.78, 5) is 10.3. The Hall–Kier alpha value is -2.32. The van der Waals surface area contributed by atoms with Crippen LogP contribution in [0.15, 0.2) is 53.4 Å². The number of benzene rings is 2. The summed E-state index contributed by atoms with van der Waals surface area (Å²) in [6.07, 6.45) is 0. The number of nitrogens with two attached hydrogens (primary N) is 1. The standard InChI is InChI=1S/C24H28N4O2S/c1-15-6-7-20-17(10-15)21(28-13-18-19(14-28)24(18)25)11-23(26-20)27-8-9-31(29,30)22-5-3-2-4-16(22)12-27/h2-7,10-11,18-19,24,29-30H,8-9,12-14,25H2,1H3/t18-,19+,24?. The van der Waals surface area contributed by atoms with Crippen molar-refractivity contribution >= 4 is 33.0 Å². The fourth-order valence-corrected chi connectivity index (χ4v) is 6.83. The highest BCUT2D eigenvalue weighted by atomic mass is 32.3. The SMILES string of the molecule is Cc1ccc2nc(N3CCS(O)(O)c4ccccc4C3)cc(N3C[C@@H]4C(N)[C@@H]4C3)c2c1. The van der Waals surface area contributed by atoms with Crippen LogP contribution in [-0.4, -0.2) is 45.5 Å². The molecule has 3 heterocycles. The maximum atomic E-state index is 10.7. The first-order valence-electron chi connectivity index (χ1n) is 10.9. The van der Waals surface area contributed by atoms with Gasteiger partial charge in [0, 0.05) is 49.4 Å². The molecule has 6 nitrogen and oxygen atoms in total. The summed E-state index contributed by atoms with van der Waals surface area (Å²) in [5.74, 6) is 2.42. The lowest BCUT2D eigenvalue weighted by Crippen LogP contribution is -2.29. The molecule has 0 bridgehead atoms. The molecular weight excluding hydrogens is 408 g/mol. The fourth-order valence-electron chi connectivity index (χ4n) is 5.28. The Morgan fingerprint density at radius 2 is 1.81 bits per heavy atom. The molecule has 31 heavy (non-hydrogen) atoms. The molecule has 0 spiro atoms. The van der Waals surface area contributed by atoms with Gasteiger partial charge < -0.3 is 15.5 Å². The third-order valence-electron chi connectivity index (χ3n) is 7.19. The van der Waals surface area contributed by atoms with Gasteiger partial charge in [-0.2, -0.15) is 10.6 Å². The number of hydrogen-bond donors (Lipinski definition) is 3. The first-order valence-corrected chi connectivity index (χ1v) is 12.6. The Balaban J connectivity index is 1.43. The first-order chi connectivity index (χ1) is 14.9. The molecule has 1 saturated carbocycles.